The van der Waals surface area contributed by atoms with Gasteiger partial charge in [-0.05, 0) is 94.1 Å². The molecule has 4 saturated carbocycles. The first-order valence-electron chi connectivity index (χ1n) is 16.8. The fraction of sp³-hybridized carbons (Fsp3) is 0.474. The molecule has 0 saturated heterocycles. The van der Waals surface area contributed by atoms with Crippen molar-refractivity contribution < 1.29 is 17.1 Å². The summed E-state index contributed by atoms with van der Waals surface area (Å²) in [5.41, 5.74) is 6.28. The Balaban J connectivity index is 0.000000609. The van der Waals surface area contributed by atoms with Crippen LogP contribution in [0.5, 0.6) is 0 Å². The van der Waals surface area contributed by atoms with Crippen LogP contribution in [-0.4, -0.2) is 32.3 Å². The quantitative estimate of drug-likeness (QED) is 0.106. The molecule has 2 aromatic carbocycles. The van der Waals surface area contributed by atoms with Gasteiger partial charge in [0.25, 0.3) is 0 Å². The zero-order valence-corrected chi connectivity index (χ0v) is 33.3. The number of pyridine rings is 2. The third kappa shape index (κ3) is 7.02. The van der Waals surface area contributed by atoms with Crippen molar-refractivity contribution in [1.29, 1.82) is 0 Å². The Labute approximate surface area is 289 Å². The molecule has 0 N–H and O–H groups in total. The Bertz CT molecular complexity index is 1420. The summed E-state index contributed by atoms with van der Waals surface area (Å²) in [7, 11) is -0.539. The number of aromatic nitrogens is 2. The molecule has 0 aliphatic heterocycles. The van der Waals surface area contributed by atoms with Crippen LogP contribution in [0.25, 0.3) is 0 Å². The van der Waals surface area contributed by atoms with E-state index in [-0.39, 0.29) is 17.1 Å². The average Bonchev–Trinajstić information content (AvgIpc) is 3.70. The van der Waals surface area contributed by atoms with Crippen LogP contribution in [0.2, 0.25) is 39.3 Å². The smallest absolute Gasteiger partial charge is 0.0684 e. The van der Waals surface area contributed by atoms with Gasteiger partial charge in [-0.1, -0.05) is 63.0 Å². The Kier molecular flexibility index (Phi) is 11.0. The molecule has 4 aliphatic rings. The van der Waals surface area contributed by atoms with Gasteiger partial charge in [0.2, 0.25) is 0 Å². The van der Waals surface area contributed by atoms with E-state index >= 15 is 0 Å². The molecule has 0 radical (unpaired) electrons. The van der Waals surface area contributed by atoms with Gasteiger partial charge in [-0.2, -0.15) is 27.6 Å². The summed E-state index contributed by atoms with van der Waals surface area (Å²) in [4.78, 5) is 9.87. The first kappa shape index (κ1) is 35.1. The van der Waals surface area contributed by atoms with E-state index in [2.05, 4.69) is 78.9 Å². The van der Waals surface area contributed by atoms with Crippen molar-refractivity contribution >= 4 is 54.6 Å². The van der Waals surface area contributed by atoms with Crippen LogP contribution in [0.15, 0.2) is 85.2 Å². The van der Waals surface area contributed by atoms with Crippen molar-refractivity contribution in [2.75, 3.05) is 6.16 Å². The fourth-order valence-electron chi connectivity index (χ4n) is 9.31. The molecule has 4 aliphatic carbocycles. The summed E-state index contributed by atoms with van der Waals surface area (Å²) in [6, 6.07) is 25.7. The SMILES string of the molecule is C[Si](C)(C)c1c(C2(CP)C3CC4CC(C3)CC2C4)c(CP(c2ccccn2)c2ccccn2)c[c-]1[Si](C)(C)C.[Fe].[cH-]1[cH-][cH-][cH-][cH-]1. The molecule has 7 heteroatoms. The van der Waals surface area contributed by atoms with E-state index in [9.17, 15) is 0 Å². The first-order chi connectivity index (χ1) is 21.0. The third-order valence-electron chi connectivity index (χ3n) is 10.9. The molecule has 45 heavy (non-hydrogen) atoms. The molecule has 4 bridgehead atoms. The summed E-state index contributed by atoms with van der Waals surface area (Å²) in [5, 5.41) is 3.64. The maximum Gasteiger partial charge on any atom is 0.0684 e. The molecule has 2 heterocycles. The summed E-state index contributed by atoms with van der Waals surface area (Å²) < 4.78 is 0. The van der Waals surface area contributed by atoms with Gasteiger partial charge in [-0.3, -0.25) is 9.97 Å². The third-order valence-corrected chi connectivity index (χ3v) is 18.1. The second kappa shape index (κ2) is 14.1. The molecule has 8 rings (SSSR count). The van der Waals surface area contributed by atoms with Gasteiger partial charge < -0.3 is 30.3 Å². The molecule has 4 aromatic rings. The van der Waals surface area contributed by atoms with Crippen molar-refractivity contribution in [3.8, 4) is 0 Å². The van der Waals surface area contributed by atoms with Crippen LogP contribution in [0.3, 0.4) is 0 Å². The van der Waals surface area contributed by atoms with Gasteiger partial charge in [0, 0.05) is 37.5 Å². The minimum absolute atomic E-state index is 0. The molecule has 2 nitrogen and oxygen atoms in total. The Morgan fingerprint density at radius 1 is 0.800 bits per heavy atom. The minimum Gasteiger partial charge on any atom is -0.748 e. The van der Waals surface area contributed by atoms with Gasteiger partial charge in [0.05, 0.1) is 18.9 Å². The first-order valence-corrected chi connectivity index (χ1v) is 26.2. The van der Waals surface area contributed by atoms with Gasteiger partial charge in [-0.25, -0.2) is 0 Å². The predicted octanol–water partition coefficient (Wildman–Crippen LogP) is 7.89. The zero-order valence-electron chi connectivity index (χ0n) is 28.1. The summed E-state index contributed by atoms with van der Waals surface area (Å²) in [6.07, 6.45) is 13.6. The standard InChI is InChI=1S/C33H47N2P2Si2.C5H5.Fe/c1-38(2,3)28-20-25(21-37(29-11-7-9-13-34-29)30-12-8-10-14-35-30)31(32(28)39(4,5)6)33(22-36)26-16-23-15-24(18-26)19-27(33)17-23;1-2-4-5-3-1;/h7-14,20,23-24,26-27H,15-19,21-22,36H2,1-6H3;1-5H;/q-1;-5;. The van der Waals surface area contributed by atoms with Gasteiger partial charge in [-0.15, -0.1) is 9.24 Å². The van der Waals surface area contributed by atoms with Crippen molar-refractivity contribution in [3.05, 3.63) is 96.3 Å². The maximum absolute atomic E-state index is 4.93. The Hall–Kier alpha value is -1.19. The average molecular weight is 711 g/mol. The molecule has 0 amide bonds. The molecule has 246 valence electrons. The zero-order chi connectivity index (χ0) is 31.1. The number of hydrogen-bond donors (Lipinski definition) is 0. The summed E-state index contributed by atoms with van der Waals surface area (Å²) >= 11 is 0. The van der Waals surface area contributed by atoms with Gasteiger partial charge >= 0.3 is 0 Å². The number of rotatable bonds is 8. The van der Waals surface area contributed by atoms with E-state index in [1.807, 2.05) is 65.6 Å². The number of nitrogens with zero attached hydrogens (tertiary/aromatic N) is 2. The van der Waals surface area contributed by atoms with E-state index in [0.717, 1.165) is 29.8 Å². The molecule has 2 aromatic heterocycles. The van der Waals surface area contributed by atoms with Crippen molar-refractivity contribution in [2.45, 2.75) is 83.0 Å². The summed E-state index contributed by atoms with van der Waals surface area (Å²) in [5.74, 6) is 3.68. The van der Waals surface area contributed by atoms with E-state index in [1.54, 1.807) is 10.8 Å². The van der Waals surface area contributed by atoms with Gasteiger partial charge in [0.1, 0.15) is 0 Å². The molecular weight excluding hydrogens is 658 g/mol. The van der Waals surface area contributed by atoms with Crippen LogP contribution in [-0.2, 0) is 28.6 Å². The molecule has 1 unspecified atom stereocenters. The topological polar surface area (TPSA) is 25.8 Å². The molecule has 4 fully saturated rings. The van der Waals surface area contributed by atoms with Crippen LogP contribution in [0, 0.1) is 23.7 Å². The van der Waals surface area contributed by atoms with E-state index in [4.69, 9.17) is 9.97 Å². The Morgan fingerprint density at radius 3 is 1.67 bits per heavy atom. The van der Waals surface area contributed by atoms with Crippen molar-refractivity contribution in [1.82, 2.24) is 9.97 Å². The monoisotopic (exact) mass is 710 g/mol. The predicted molar refractivity (Wildman–Crippen MR) is 202 cm³/mol. The van der Waals surface area contributed by atoms with E-state index < -0.39 is 24.1 Å². The molecule has 0 spiro atoms. The van der Waals surface area contributed by atoms with E-state index in [1.165, 1.54) is 49.1 Å². The van der Waals surface area contributed by atoms with Crippen molar-refractivity contribution in [3.63, 3.8) is 0 Å². The Morgan fingerprint density at radius 2 is 1.29 bits per heavy atom. The second-order valence-corrected chi connectivity index (χ2v) is 28.3. The second-order valence-electron chi connectivity index (χ2n) is 15.8. The fourth-order valence-corrected chi connectivity index (χ4v) is 18.0. The van der Waals surface area contributed by atoms with Crippen LogP contribution < -0.4 is 21.2 Å². The molecule has 1 atom stereocenters. The molecular formula is C38H52FeN2P2Si2-6. The van der Waals surface area contributed by atoms with Crippen LogP contribution in [0.1, 0.15) is 43.2 Å². The van der Waals surface area contributed by atoms with Crippen molar-refractivity contribution in [2.24, 2.45) is 23.7 Å². The number of hydrogen-bond acceptors (Lipinski definition) is 2. The largest absolute Gasteiger partial charge is 0.748 e. The maximum atomic E-state index is 4.93. The van der Waals surface area contributed by atoms with Gasteiger partial charge in [0.15, 0.2) is 0 Å². The normalized spacial score (nSPS) is 25.5. The van der Waals surface area contributed by atoms with E-state index in [0.29, 0.717) is 5.41 Å². The van der Waals surface area contributed by atoms with Crippen LogP contribution >= 0.6 is 17.2 Å². The van der Waals surface area contributed by atoms with Crippen LogP contribution in [0.4, 0.5) is 0 Å². The summed E-state index contributed by atoms with van der Waals surface area (Å²) in [6.45, 7) is 15.7. The minimum atomic E-state index is -1.62.